The van der Waals surface area contributed by atoms with Crippen molar-refractivity contribution >= 4 is 17.7 Å². The second-order valence-electron chi connectivity index (χ2n) is 5.24. The second-order valence-corrected chi connectivity index (χ2v) is 6.25. The van der Waals surface area contributed by atoms with Crippen LogP contribution in [0.15, 0.2) is 41.4 Å². The number of aryl methyl sites for hydroxylation is 2. The van der Waals surface area contributed by atoms with Gasteiger partial charge in [-0.15, -0.1) is 11.8 Å². The van der Waals surface area contributed by atoms with Gasteiger partial charge in [-0.05, 0) is 38.5 Å². The maximum Gasteiger partial charge on any atom is 0.230 e. The van der Waals surface area contributed by atoms with Gasteiger partial charge >= 0.3 is 0 Å². The van der Waals surface area contributed by atoms with E-state index < -0.39 is 0 Å². The van der Waals surface area contributed by atoms with Crippen molar-refractivity contribution in [2.24, 2.45) is 0 Å². The molecule has 0 fully saturated rings. The molecule has 5 heteroatoms. The number of ether oxygens (including phenoxy) is 1. The molecular weight excluding hydrogens is 308 g/mol. The summed E-state index contributed by atoms with van der Waals surface area (Å²) >= 11 is 1.56. The minimum atomic E-state index is 0.00204. The molecule has 0 saturated carbocycles. The van der Waals surface area contributed by atoms with E-state index in [1.807, 2.05) is 19.1 Å². The van der Waals surface area contributed by atoms with Crippen molar-refractivity contribution in [2.45, 2.75) is 32.2 Å². The molecule has 2 rings (SSSR count). The Morgan fingerprint density at radius 2 is 2.13 bits per heavy atom. The maximum atomic E-state index is 12.1. The van der Waals surface area contributed by atoms with Gasteiger partial charge in [-0.3, -0.25) is 4.79 Å². The summed E-state index contributed by atoms with van der Waals surface area (Å²) < 4.78 is 5.46. The first-order valence-electron chi connectivity index (χ1n) is 7.63. The monoisotopic (exact) mass is 330 g/mol. The van der Waals surface area contributed by atoms with Crippen LogP contribution in [-0.2, 0) is 11.3 Å². The van der Waals surface area contributed by atoms with Crippen LogP contribution in [0.3, 0.4) is 0 Å². The molecule has 0 aliphatic carbocycles. The van der Waals surface area contributed by atoms with E-state index in [9.17, 15) is 4.79 Å². The summed E-state index contributed by atoms with van der Waals surface area (Å²) in [5.74, 6) is 0.980. The minimum absolute atomic E-state index is 0.00204. The Balaban J connectivity index is 1.87. The Labute approximate surface area is 141 Å². The van der Waals surface area contributed by atoms with E-state index in [2.05, 4.69) is 42.3 Å². The SMILES string of the molecule is CCOc1ncccc1CNC(=O)CSc1cc(C)ccc1C. The Morgan fingerprint density at radius 3 is 2.91 bits per heavy atom. The quantitative estimate of drug-likeness (QED) is 0.789. The zero-order valence-corrected chi connectivity index (χ0v) is 14.6. The molecular formula is C18H22N2O2S. The number of thioether (sulfide) groups is 1. The molecule has 2 aromatic rings. The fourth-order valence-corrected chi connectivity index (χ4v) is 3.03. The van der Waals surface area contributed by atoms with Gasteiger partial charge in [0.2, 0.25) is 11.8 Å². The highest BCUT2D eigenvalue weighted by Gasteiger charge is 2.08. The van der Waals surface area contributed by atoms with Crippen molar-refractivity contribution in [3.63, 3.8) is 0 Å². The number of pyridine rings is 1. The predicted molar refractivity (Wildman–Crippen MR) is 93.9 cm³/mol. The maximum absolute atomic E-state index is 12.1. The summed E-state index contributed by atoms with van der Waals surface area (Å²) in [6.07, 6.45) is 1.69. The molecule has 23 heavy (non-hydrogen) atoms. The van der Waals surface area contributed by atoms with Gasteiger partial charge in [0.15, 0.2) is 0 Å². The molecule has 1 amide bonds. The average Bonchev–Trinajstić information content (AvgIpc) is 2.55. The number of carbonyl (C=O) groups is 1. The number of nitrogens with one attached hydrogen (secondary N) is 1. The Kier molecular flexibility index (Phi) is 6.47. The van der Waals surface area contributed by atoms with Gasteiger partial charge < -0.3 is 10.1 Å². The third kappa shape index (κ3) is 5.28. The molecule has 0 saturated heterocycles. The van der Waals surface area contributed by atoms with Gasteiger partial charge in [0.05, 0.1) is 12.4 Å². The van der Waals surface area contributed by atoms with Crippen molar-refractivity contribution < 1.29 is 9.53 Å². The summed E-state index contributed by atoms with van der Waals surface area (Å²) in [6.45, 7) is 7.01. The highest BCUT2D eigenvalue weighted by Crippen LogP contribution is 2.23. The number of aromatic nitrogens is 1. The molecule has 0 unspecified atom stereocenters. The van der Waals surface area contributed by atoms with E-state index in [-0.39, 0.29) is 5.91 Å². The first kappa shape index (κ1) is 17.3. The molecule has 1 aromatic heterocycles. The molecule has 1 heterocycles. The number of rotatable bonds is 7. The van der Waals surface area contributed by atoms with E-state index in [0.29, 0.717) is 24.8 Å². The number of amides is 1. The summed E-state index contributed by atoms with van der Waals surface area (Å²) in [5, 5.41) is 2.92. The Hall–Kier alpha value is -2.01. The fraction of sp³-hybridized carbons (Fsp3) is 0.333. The second kappa shape index (κ2) is 8.58. The molecule has 4 nitrogen and oxygen atoms in total. The number of hydrogen-bond donors (Lipinski definition) is 1. The minimum Gasteiger partial charge on any atom is -0.478 e. The molecule has 1 N–H and O–H groups in total. The van der Waals surface area contributed by atoms with Crippen LogP contribution in [0.4, 0.5) is 0 Å². The van der Waals surface area contributed by atoms with Crippen LogP contribution < -0.4 is 10.1 Å². The number of hydrogen-bond acceptors (Lipinski definition) is 4. The number of nitrogens with zero attached hydrogens (tertiary/aromatic N) is 1. The van der Waals surface area contributed by atoms with Crippen molar-refractivity contribution in [2.75, 3.05) is 12.4 Å². The van der Waals surface area contributed by atoms with Crippen LogP contribution in [0, 0.1) is 13.8 Å². The highest BCUT2D eigenvalue weighted by atomic mass is 32.2. The van der Waals surface area contributed by atoms with E-state index >= 15 is 0 Å². The van der Waals surface area contributed by atoms with Crippen LogP contribution in [0.1, 0.15) is 23.6 Å². The standard InChI is InChI=1S/C18H22N2O2S/c1-4-22-18-15(6-5-9-19-18)11-20-17(21)12-23-16-10-13(2)7-8-14(16)3/h5-10H,4,11-12H2,1-3H3,(H,20,21). The zero-order valence-electron chi connectivity index (χ0n) is 13.8. The highest BCUT2D eigenvalue weighted by molar-refractivity contribution is 8.00. The third-order valence-corrected chi connectivity index (χ3v) is 4.47. The van der Waals surface area contributed by atoms with Gasteiger partial charge in [0.25, 0.3) is 0 Å². The van der Waals surface area contributed by atoms with E-state index in [4.69, 9.17) is 4.74 Å². The van der Waals surface area contributed by atoms with Crippen molar-refractivity contribution in [1.29, 1.82) is 0 Å². The number of carbonyl (C=O) groups excluding carboxylic acids is 1. The largest absolute Gasteiger partial charge is 0.478 e. The zero-order chi connectivity index (χ0) is 16.7. The van der Waals surface area contributed by atoms with Gasteiger partial charge in [0.1, 0.15) is 0 Å². The van der Waals surface area contributed by atoms with Gasteiger partial charge in [-0.25, -0.2) is 4.98 Å². The lowest BCUT2D eigenvalue weighted by Crippen LogP contribution is -2.25. The molecule has 1 aromatic carbocycles. The van der Waals surface area contributed by atoms with Crippen LogP contribution in [0.2, 0.25) is 0 Å². The summed E-state index contributed by atoms with van der Waals surface area (Å²) in [5.41, 5.74) is 3.29. The lowest BCUT2D eigenvalue weighted by Gasteiger charge is -2.10. The molecule has 0 aliphatic rings. The lowest BCUT2D eigenvalue weighted by molar-refractivity contribution is -0.118. The van der Waals surface area contributed by atoms with E-state index in [0.717, 1.165) is 10.5 Å². The van der Waals surface area contributed by atoms with Crippen LogP contribution in [-0.4, -0.2) is 23.3 Å². The van der Waals surface area contributed by atoms with Crippen LogP contribution in [0.5, 0.6) is 5.88 Å². The summed E-state index contributed by atoms with van der Waals surface area (Å²) in [6, 6.07) is 10.0. The van der Waals surface area contributed by atoms with Gasteiger partial charge in [0, 0.05) is 23.2 Å². The Morgan fingerprint density at radius 1 is 1.30 bits per heavy atom. The van der Waals surface area contributed by atoms with Gasteiger partial charge in [-0.2, -0.15) is 0 Å². The number of benzene rings is 1. The fourth-order valence-electron chi connectivity index (χ4n) is 2.08. The normalized spacial score (nSPS) is 10.4. The van der Waals surface area contributed by atoms with E-state index in [1.54, 1.807) is 18.0 Å². The molecule has 0 bridgehead atoms. The smallest absolute Gasteiger partial charge is 0.230 e. The molecule has 0 atom stereocenters. The lowest BCUT2D eigenvalue weighted by atomic mass is 10.2. The molecule has 0 spiro atoms. The van der Waals surface area contributed by atoms with Gasteiger partial charge in [-0.1, -0.05) is 23.8 Å². The first-order valence-corrected chi connectivity index (χ1v) is 8.62. The van der Waals surface area contributed by atoms with Crippen molar-refractivity contribution in [1.82, 2.24) is 10.3 Å². The summed E-state index contributed by atoms with van der Waals surface area (Å²) in [7, 11) is 0. The van der Waals surface area contributed by atoms with Crippen molar-refractivity contribution in [3.05, 3.63) is 53.2 Å². The summed E-state index contributed by atoms with van der Waals surface area (Å²) in [4.78, 5) is 17.4. The molecule has 0 aliphatic heterocycles. The predicted octanol–water partition coefficient (Wildman–Crippen LogP) is 3.51. The molecule has 122 valence electrons. The molecule has 0 radical (unpaired) electrons. The van der Waals surface area contributed by atoms with Crippen LogP contribution in [0.25, 0.3) is 0 Å². The Bertz CT molecular complexity index is 674. The van der Waals surface area contributed by atoms with Crippen molar-refractivity contribution in [3.8, 4) is 5.88 Å². The third-order valence-electron chi connectivity index (χ3n) is 3.31. The van der Waals surface area contributed by atoms with Crippen LogP contribution >= 0.6 is 11.8 Å². The van der Waals surface area contributed by atoms with E-state index in [1.165, 1.54) is 11.1 Å². The topological polar surface area (TPSA) is 51.2 Å². The average molecular weight is 330 g/mol. The first-order chi connectivity index (χ1) is 11.1.